The van der Waals surface area contributed by atoms with Crippen LogP contribution in [0, 0.1) is 12.7 Å². The van der Waals surface area contributed by atoms with E-state index in [1.807, 2.05) is 6.07 Å². The third-order valence-electron chi connectivity index (χ3n) is 4.23. The van der Waals surface area contributed by atoms with Crippen LogP contribution in [0.25, 0.3) is 0 Å². The highest BCUT2D eigenvalue weighted by Gasteiger charge is 2.23. The molecule has 1 nitrogen and oxygen atoms in total. The zero-order valence-electron chi connectivity index (χ0n) is 12.5. The van der Waals surface area contributed by atoms with Gasteiger partial charge in [-0.25, -0.2) is 4.39 Å². The lowest BCUT2D eigenvalue weighted by Gasteiger charge is -2.20. The Balaban J connectivity index is 1.79. The van der Waals surface area contributed by atoms with Crippen molar-refractivity contribution in [1.82, 2.24) is 5.32 Å². The number of aryl methyl sites for hydroxylation is 1. The quantitative estimate of drug-likeness (QED) is 0.837. The maximum absolute atomic E-state index is 13.4. The maximum atomic E-state index is 13.4. The molecule has 110 valence electrons. The second-order valence-corrected chi connectivity index (χ2v) is 6.07. The van der Waals surface area contributed by atoms with Crippen LogP contribution in [-0.2, 0) is 6.42 Å². The molecule has 0 saturated heterocycles. The van der Waals surface area contributed by atoms with Gasteiger partial charge >= 0.3 is 0 Å². The molecule has 1 saturated carbocycles. The molecule has 3 rings (SSSR count). The first-order valence-electron chi connectivity index (χ1n) is 7.76. The number of benzene rings is 2. The van der Waals surface area contributed by atoms with Gasteiger partial charge in [0.2, 0.25) is 0 Å². The Morgan fingerprint density at radius 1 is 1.14 bits per heavy atom. The molecule has 1 aliphatic rings. The fourth-order valence-corrected chi connectivity index (χ4v) is 2.88. The molecule has 0 heterocycles. The van der Waals surface area contributed by atoms with Crippen LogP contribution in [0.2, 0.25) is 0 Å². The van der Waals surface area contributed by atoms with Crippen LogP contribution < -0.4 is 5.32 Å². The summed E-state index contributed by atoms with van der Waals surface area (Å²) in [5, 5.41) is 3.62. The monoisotopic (exact) mass is 283 g/mol. The van der Waals surface area contributed by atoms with Crippen molar-refractivity contribution in [1.29, 1.82) is 0 Å². The SMILES string of the molecule is Cc1ccccc1C(CNC1CC1)Cc1cccc(F)c1. The number of hydrogen-bond acceptors (Lipinski definition) is 1. The molecule has 0 bridgehead atoms. The Kier molecular flexibility index (Phi) is 4.35. The topological polar surface area (TPSA) is 12.0 Å². The molecule has 0 aliphatic heterocycles. The van der Waals surface area contributed by atoms with E-state index in [1.165, 1.54) is 30.0 Å². The summed E-state index contributed by atoms with van der Waals surface area (Å²) in [5.74, 6) is 0.250. The summed E-state index contributed by atoms with van der Waals surface area (Å²) in [7, 11) is 0. The standard InChI is InChI=1S/C19H22FN/c1-14-5-2-3-8-19(14)16(13-21-18-9-10-18)11-15-6-4-7-17(20)12-15/h2-8,12,16,18,21H,9-11,13H2,1H3. The third-order valence-corrected chi connectivity index (χ3v) is 4.23. The summed E-state index contributed by atoms with van der Waals surface area (Å²) in [6.45, 7) is 3.12. The molecule has 1 aliphatic carbocycles. The second kappa shape index (κ2) is 6.40. The van der Waals surface area contributed by atoms with Crippen LogP contribution in [-0.4, -0.2) is 12.6 Å². The highest BCUT2D eigenvalue weighted by molar-refractivity contribution is 5.31. The van der Waals surface area contributed by atoms with Crippen LogP contribution in [0.5, 0.6) is 0 Å². The van der Waals surface area contributed by atoms with Crippen LogP contribution in [0.3, 0.4) is 0 Å². The van der Waals surface area contributed by atoms with Gasteiger partial charge in [-0.3, -0.25) is 0 Å². The van der Waals surface area contributed by atoms with Crippen molar-refractivity contribution in [3.05, 3.63) is 71.0 Å². The number of rotatable bonds is 6. The molecule has 2 aromatic carbocycles. The Bertz CT molecular complexity index is 604. The summed E-state index contributed by atoms with van der Waals surface area (Å²) in [5.41, 5.74) is 3.76. The molecule has 1 unspecified atom stereocenters. The molecule has 2 aromatic rings. The maximum Gasteiger partial charge on any atom is 0.123 e. The summed E-state index contributed by atoms with van der Waals surface area (Å²) in [6, 6.07) is 16.2. The van der Waals surface area contributed by atoms with Crippen molar-refractivity contribution in [2.75, 3.05) is 6.54 Å². The molecule has 2 heteroatoms. The fraction of sp³-hybridized carbons (Fsp3) is 0.368. The van der Waals surface area contributed by atoms with E-state index in [2.05, 4.69) is 36.5 Å². The van der Waals surface area contributed by atoms with Crippen molar-refractivity contribution in [3.63, 3.8) is 0 Å². The van der Waals surface area contributed by atoms with Gasteiger partial charge in [-0.1, -0.05) is 36.4 Å². The van der Waals surface area contributed by atoms with Gasteiger partial charge in [-0.2, -0.15) is 0 Å². The van der Waals surface area contributed by atoms with Crippen molar-refractivity contribution < 1.29 is 4.39 Å². The first-order chi connectivity index (χ1) is 10.2. The van der Waals surface area contributed by atoms with E-state index in [0.717, 1.165) is 18.5 Å². The summed E-state index contributed by atoms with van der Waals surface area (Å²) < 4.78 is 13.4. The molecule has 1 N–H and O–H groups in total. The van der Waals surface area contributed by atoms with Crippen LogP contribution in [0.1, 0.15) is 35.4 Å². The van der Waals surface area contributed by atoms with E-state index < -0.39 is 0 Å². The minimum atomic E-state index is -0.147. The van der Waals surface area contributed by atoms with Gasteiger partial charge in [-0.15, -0.1) is 0 Å². The lowest BCUT2D eigenvalue weighted by molar-refractivity contribution is 0.571. The van der Waals surface area contributed by atoms with Gasteiger partial charge in [0.05, 0.1) is 0 Å². The zero-order valence-corrected chi connectivity index (χ0v) is 12.5. The average Bonchev–Trinajstić information content (AvgIpc) is 3.28. The number of hydrogen-bond donors (Lipinski definition) is 1. The Hall–Kier alpha value is -1.67. The lowest BCUT2D eigenvalue weighted by atomic mass is 9.89. The second-order valence-electron chi connectivity index (χ2n) is 6.07. The van der Waals surface area contributed by atoms with Gasteiger partial charge in [0, 0.05) is 18.5 Å². The summed E-state index contributed by atoms with van der Waals surface area (Å²) in [6.07, 6.45) is 3.46. The van der Waals surface area contributed by atoms with Crippen molar-refractivity contribution >= 4 is 0 Å². The Morgan fingerprint density at radius 3 is 2.67 bits per heavy atom. The number of halogens is 1. The van der Waals surface area contributed by atoms with E-state index in [9.17, 15) is 4.39 Å². The molecule has 1 fully saturated rings. The molecule has 0 spiro atoms. The highest BCUT2D eigenvalue weighted by Crippen LogP contribution is 2.26. The van der Waals surface area contributed by atoms with Gasteiger partial charge in [-0.05, 0) is 55.0 Å². The molecule has 0 radical (unpaired) electrons. The minimum Gasteiger partial charge on any atom is -0.313 e. The zero-order chi connectivity index (χ0) is 14.7. The first kappa shape index (κ1) is 14.3. The van der Waals surface area contributed by atoms with E-state index in [1.54, 1.807) is 12.1 Å². The highest BCUT2D eigenvalue weighted by atomic mass is 19.1. The first-order valence-corrected chi connectivity index (χ1v) is 7.76. The molecule has 21 heavy (non-hydrogen) atoms. The molecule has 0 amide bonds. The largest absolute Gasteiger partial charge is 0.313 e. The molecule has 0 aromatic heterocycles. The van der Waals surface area contributed by atoms with E-state index in [0.29, 0.717) is 12.0 Å². The smallest absolute Gasteiger partial charge is 0.123 e. The third kappa shape index (κ3) is 3.92. The van der Waals surface area contributed by atoms with Crippen LogP contribution >= 0.6 is 0 Å². The Morgan fingerprint density at radius 2 is 1.95 bits per heavy atom. The minimum absolute atomic E-state index is 0.147. The van der Waals surface area contributed by atoms with Gasteiger partial charge < -0.3 is 5.32 Å². The van der Waals surface area contributed by atoms with E-state index in [4.69, 9.17) is 0 Å². The Labute approximate surface area is 126 Å². The molecular weight excluding hydrogens is 261 g/mol. The normalized spacial score (nSPS) is 15.9. The van der Waals surface area contributed by atoms with Crippen molar-refractivity contribution in [2.24, 2.45) is 0 Å². The van der Waals surface area contributed by atoms with Gasteiger partial charge in [0.1, 0.15) is 5.82 Å². The summed E-state index contributed by atoms with van der Waals surface area (Å²) in [4.78, 5) is 0. The van der Waals surface area contributed by atoms with Crippen LogP contribution in [0.15, 0.2) is 48.5 Å². The van der Waals surface area contributed by atoms with E-state index in [-0.39, 0.29) is 5.82 Å². The fourth-order valence-electron chi connectivity index (χ4n) is 2.88. The van der Waals surface area contributed by atoms with E-state index >= 15 is 0 Å². The average molecular weight is 283 g/mol. The summed E-state index contributed by atoms with van der Waals surface area (Å²) >= 11 is 0. The molecule has 1 atom stereocenters. The predicted molar refractivity (Wildman–Crippen MR) is 85.0 cm³/mol. The van der Waals surface area contributed by atoms with Crippen molar-refractivity contribution in [3.8, 4) is 0 Å². The molecular formula is C19H22FN. The lowest BCUT2D eigenvalue weighted by Crippen LogP contribution is -2.25. The van der Waals surface area contributed by atoms with Gasteiger partial charge in [0.25, 0.3) is 0 Å². The van der Waals surface area contributed by atoms with Crippen LogP contribution in [0.4, 0.5) is 4.39 Å². The number of nitrogens with one attached hydrogen (secondary N) is 1. The van der Waals surface area contributed by atoms with Gasteiger partial charge in [0.15, 0.2) is 0 Å². The predicted octanol–water partition coefficient (Wildman–Crippen LogP) is 4.21. The van der Waals surface area contributed by atoms with Crippen molar-refractivity contribution in [2.45, 2.75) is 38.1 Å².